The van der Waals surface area contributed by atoms with Gasteiger partial charge in [-0.05, 0) is 25.1 Å². The normalized spacial score (nSPS) is 10.5. The Hall–Kier alpha value is -0.830. The second kappa shape index (κ2) is 4.58. The van der Waals surface area contributed by atoms with Crippen molar-refractivity contribution in [3.05, 3.63) is 45.2 Å². The van der Waals surface area contributed by atoms with Gasteiger partial charge in [0, 0.05) is 5.69 Å². The fourth-order valence-electron chi connectivity index (χ4n) is 1.35. The maximum atomic E-state index is 6.06. The van der Waals surface area contributed by atoms with Crippen LogP contribution in [0.3, 0.4) is 0 Å². The molecule has 1 aromatic carbocycles. The Morgan fingerprint density at radius 2 is 1.62 bits per heavy atom. The zero-order valence-corrected chi connectivity index (χ0v) is 10.6. The Morgan fingerprint density at radius 3 is 2.19 bits per heavy atom. The Bertz CT molecular complexity index is 500. The Kier molecular flexibility index (Phi) is 3.33. The molecule has 16 heavy (non-hydrogen) atoms. The summed E-state index contributed by atoms with van der Waals surface area (Å²) in [5.74, 6) is 0.445. The van der Waals surface area contributed by atoms with Crippen molar-refractivity contribution >= 4 is 34.8 Å². The van der Waals surface area contributed by atoms with Gasteiger partial charge in [0.2, 0.25) is 0 Å². The molecule has 1 heterocycles. The van der Waals surface area contributed by atoms with Gasteiger partial charge in [-0.2, -0.15) is 0 Å². The Labute approximate surface area is 108 Å². The van der Waals surface area contributed by atoms with Crippen LogP contribution in [0.4, 0.5) is 0 Å². The molecule has 82 valence electrons. The average molecular weight is 274 g/mol. The molecule has 0 aliphatic rings. The van der Waals surface area contributed by atoms with Crippen molar-refractivity contribution in [2.75, 3.05) is 0 Å². The van der Waals surface area contributed by atoms with E-state index in [4.69, 9.17) is 34.8 Å². The van der Waals surface area contributed by atoms with Crippen LogP contribution < -0.4 is 0 Å². The standard InChI is InChI=1S/C11H7Cl3N2/c1-6-5-9(14)16-11(15-6)10-7(12)3-2-4-8(10)13/h2-5H,1H3. The Balaban J connectivity index is 2.67. The van der Waals surface area contributed by atoms with Crippen LogP contribution in [-0.4, -0.2) is 9.97 Å². The molecule has 0 aliphatic carbocycles. The molecular weight excluding hydrogens is 266 g/mol. The SMILES string of the molecule is Cc1cc(Cl)nc(-c2c(Cl)cccc2Cl)n1. The minimum atomic E-state index is 0.374. The number of nitrogens with zero attached hydrogens (tertiary/aromatic N) is 2. The lowest BCUT2D eigenvalue weighted by Gasteiger charge is -2.06. The van der Waals surface area contributed by atoms with Crippen molar-refractivity contribution in [1.29, 1.82) is 0 Å². The number of aromatic nitrogens is 2. The van der Waals surface area contributed by atoms with Gasteiger partial charge >= 0.3 is 0 Å². The molecular formula is C11H7Cl3N2. The molecule has 0 fully saturated rings. The molecule has 2 aromatic rings. The number of aryl methyl sites for hydroxylation is 1. The quantitative estimate of drug-likeness (QED) is 0.719. The van der Waals surface area contributed by atoms with Crippen LogP contribution in [0.5, 0.6) is 0 Å². The molecule has 0 atom stereocenters. The fourth-order valence-corrected chi connectivity index (χ4v) is 2.16. The lowest BCUT2D eigenvalue weighted by atomic mass is 10.2. The summed E-state index contributed by atoms with van der Waals surface area (Å²) in [7, 11) is 0. The third kappa shape index (κ3) is 2.29. The zero-order valence-electron chi connectivity index (χ0n) is 8.34. The van der Waals surface area contributed by atoms with E-state index in [0.29, 0.717) is 26.6 Å². The number of hydrogen-bond donors (Lipinski definition) is 0. The highest BCUT2D eigenvalue weighted by Gasteiger charge is 2.12. The number of benzene rings is 1. The van der Waals surface area contributed by atoms with E-state index in [1.807, 2.05) is 6.92 Å². The van der Waals surface area contributed by atoms with Gasteiger partial charge in [-0.25, -0.2) is 9.97 Å². The molecule has 1 aromatic heterocycles. The monoisotopic (exact) mass is 272 g/mol. The van der Waals surface area contributed by atoms with Gasteiger partial charge in [0.15, 0.2) is 5.82 Å². The second-order valence-electron chi connectivity index (χ2n) is 3.25. The lowest BCUT2D eigenvalue weighted by Crippen LogP contribution is -1.93. The lowest BCUT2D eigenvalue weighted by molar-refractivity contribution is 1.11. The minimum absolute atomic E-state index is 0.374. The summed E-state index contributed by atoms with van der Waals surface area (Å²) in [6, 6.07) is 6.92. The molecule has 0 unspecified atom stereocenters. The molecule has 0 saturated heterocycles. The summed E-state index contributed by atoms with van der Waals surface area (Å²) in [5.41, 5.74) is 1.38. The third-order valence-electron chi connectivity index (χ3n) is 2.01. The summed E-state index contributed by atoms with van der Waals surface area (Å²) in [6.45, 7) is 1.84. The molecule has 0 bridgehead atoms. The van der Waals surface area contributed by atoms with E-state index in [0.717, 1.165) is 5.69 Å². The van der Waals surface area contributed by atoms with Crippen molar-refractivity contribution in [2.24, 2.45) is 0 Å². The molecule has 0 aliphatic heterocycles. The van der Waals surface area contributed by atoms with E-state index in [1.165, 1.54) is 0 Å². The summed E-state index contributed by atoms with van der Waals surface area (Å²) in [6.07, 6.45) is 0. The van der Waals surface area contributed by atoms with Crippen LogP contribution in [-0.2, 0) is 0 Å². The van der Waals surface area contributed by atoms with Gasteiger partial charge in [-0.1, -0.05) is 40.9 Å². The molecule has 0 spiro atoms. The van der Waals surface area contributed by atoms with Crippen molar-refractivity contribution in [2.45, 2.75) is 6.92 Å². The van der Waals surface area contributed by atoms with Crippen LogP contribution in [0, 0.1) is 6.92 Å². The molecule has 0 radical (unpaired) electrons. The van der Waals surface area contributed by atoms with Crippen LogP contribution in [0.15, 0.2) is 24.3 Å². The number of rotatable bonds is 1. The summed E-state index contributed by atoms with van der Waals surface area (Å²) in [4.78, 5) is 8.37. The minimum Gasteiger partial charge on any atom is -0.233 e. The van der Waals surface area contributed by atoms with Crippen molar-refractivity contribution in [3.8, 4) is 11.4 Å². The first-order valence-electron chi connectivity index (χ1n) is 4.53. The first-order valence-corrected chi connectivity index (χ1v) is 5.67. The summed E-state index contributed by atoms with van der Waals surface area (Å²) in [5, 5.41) is 1.39. The fraction of sp³-hybridized carbons (Fsp3) is 0.0909. The van der Waals surface area contributed by atoms with E-state index in [-0.39, 0.29) is 0 Å². The van der Waals surface area contributed by atoms with Gasteiger partial charge in [0.1, 0.15) is 5.15 Å². The zero-order chi connectivity index (χ0) is 11.7. The highest BCUT2D eigenvalue weighted by Crippen LogP contribution is 2.32. The van der Waals surface area contributed by atoms with Crippen LogP contribution in [0.2, 0.25) is 15.2 Å². The molecule has 0 N–H and O–H groups in total. The largest absolute Gasteiger partial charge is 0.233 e. The van der Waals surface area contributed by atoms with E-state index < -0.39 is 0 Å². The molecule has 2 rings (SSSR count). The van der Waals surface area contributed by atoms with Gasteiger partial charge in [0.05, 0.1) is 15.6 Å². The van der Waals surface area contributed by atoms with Gasteiger partial charge in [0.25, 0.3) is 0 Å². The predicted octanol–water partition coefficient (Wildman–Crippen LogP) is 4.41. The van der Waals surface area contributed by atoms with Crippen molar-refractivity contribution < 1.29 is 0 Å². The smallest absolute Gasteiger partial charge is 0.164 e. The topological polar surface area (TPSA) is 25.8 Å². The van der Waals surface area contributed by atoms with E-state index in [9.17, 15) is 0 Å². The average Bonchev–Trinajstić information content (AvgIpc) is 2.15. The van der Waals surface area contributed by atoms with Crippen LogP contribution in [0.25, 0.3) is 11.4 Å². The third-order valence-corrected chi connectivity index (χ3v) is 2.83. The molecule has 2 nitrogen and oxygen atoms in total. The van der Waals surface area contributed by atoms with E-state index in [1.54, 1.807) is 24.3 Å². The first kappa shape index (κ1) is 11.6. The van der Waals surface area contributed by atoms with Gasteiger partial charge < -0.3 is 0 Å². The Morgan fingerprint density at radius 1 is 1.00 bits per heavy atom. The highest BCUT2D eigenvalue weighted by molar-refractivity contribution is 6.39. The first-order chi connectivity index (χ1) is 7.58. The van der Waals surface area contributed by atoms with Gasteiger partial charge in [-0.15, -0.1) is 0 Å². The number of halogens is 3. The molecule has 0 amide bonds. The second-order valence-corrected chi connectivity index (χ2v) is 4.45. The molecule has 5 heteroatoms. The van der Waals surface area contributed by atoms with E-state index in [2.05, 4.69) is 9.97 Å². The molecule has 0 saturated carbocycles. The summed E-state index contributed by atoms with van der Waals surface area (Å²) >= 11 is 18.0. The maximum absolute atomic E-state index is 6.06. The number of hydrogen-bond acceptors (Lipinski definition) is 2. The summed E-state index contributed by atoms with van der Waals surface area (Å²) < 4.78 is 0. The highest BCUT2D eigenvalue weighted by atomic mass is 35.5. The maximum Gasteiger partial charge on any atom is 0.164 e. The van der Waals surface area contributed by atoms with Crippen molar-refractivity contribution in [3.63, 3.8) is 0 Å². The van der Waals surface area contributed by atoms with E-state index >= 15 is 0 Å². The van der Waals surface area contributed by atoms with Crippen molar-refractivity contribution in [1.82, 2.24) is 9.97 Å². The van der Waals surface area contributed by atoms with Gasteiger partial charge in [-0.3, -0.25) is 0 Å². The van der Waals surface area contributed by atoms with Crippen LogP contribution >= 0.6 is 34.8 Å². The predicted molar refractivity (Wildman–Crippen MR) is 67.2 cm³/mol. The van der Waals surface area contributed by atoms with Crippen LogP contribution in [0.1, 0.15) is 5.69 Å².